The van der Waals surface area contributed by atoms with Gasteiger partial charge in [-0.2, -0.15) is 0 Å². The molecule has 0 unspecified atom stereocenters. The Labute approximate surface area is 60.3 Å². The van der Waals surface area contributed by atoms with E-state index in [0.717, 1.165) is 4.91 Å². The number of ether oxygens (including phenoxy) is 1. The van der Waals surface area contributed by atoms with Crippen molar-refractivity contribution in [2.75, 3.05) is 6.61 Å². The molecule has 0 aliphatic heterocycles. The molecule has 0 heterocycles. The van der Waals surface area contributed by atoms with Crippen molar-refractivity contribution >= 4 is 18.6 Å². The molecule has 0 atom stereocenters. The molecule has 0 aliphatic carbocycles. The maximum absolute atomic E-state index is 10.1. The van der Waals surface area contributed by atoms with Crippen LogP contribution < -0.4 is 0 Å². The van der Waals surface area contributed by atoms with E-state index in [0.29, 0.717) is 6.61 Å². The van der Waals surface area contributed by atoms with E-state index in [2.05, 4.69) is 17.4 Å². The van der Waals surface area contributed by atoms with E-state index < -0.39 is 0 Å². The Bertz CT molecular complexity index is 125. The van der Waals surface area contributed by atoms with Gasteiger partial charge in [0.25, 0.3) is 0 Å². The second-order valence-electron chi connectivity index (χ2n) is 1.65. The van der Waals surface area contributed by atoms with Gasteiger partial charge in [0, 0.05) is 6.92 Å². The van der Waals surface area contributed by atoms with Gasteiger partial charge in [0.2, 0.25) is 0 Å². The van der Waals surface area contributed by atoms with E-state index in [9.17, 15) is 4.79 Å². The number of hydrogen-bond donors (Lipinski definition) is 1. The van der Waals surface area contributed by atoms with Crippen molar-refractivity contribution in [3.05, 3.63) is 11.0 Å². The van der Waals surface area contributed by atoms with Gasteiger partial charge in [-0.05, 0) is 17.9 Å². The van der Waals surface area contributed by atoms with Crippen LogP contribution in [-0.2, 0) is 9.53 Å². The summed E-state index contributed by atoms with van der Waals surface area (Å²) >= 11 is 3.97. The minimum atomic E-state index is -0.263. The van der Waals surface area contributed by atoms with Gasteiger partial charge in [-0.25, -0.2) is 0 Å². The first kappa shape index (κ1) is 8.56. The molecule has 0 radical (unpaired) electrons. The molecule has 2 nitrogen and oxygen atoms in total. The molecule has 0 saturated carbocycles. The zero-order valence-electron chi connectivity index (χ0n) is 5.55. The van der Waals surface area contributed by atoms with Crippen LogP contribution in [0.4, 0.5) is 0 Å². The molecular weight excluding hydrogens is 136 g/mol. The Morgan fingerprint density at radius 2 is 2.22 bits per heavy atom. The van der Waals surface area contributed by atoms with Gasteiger partial charge in [-0.3, -0.25) is 4.79 Å². The van der Waals surface area contributed by atoms with E-state index in [-0.39, 0.29) is 5.97 Å². The highest BCUT2D eigenvalue weighted by molar-refractivity contribution is 7.84. The van der Waals surface area contributed by atoms with Crippen molar-refractivity contribution in [3.8, 4) is 0 Å². The molecule has 9 heavy (non-hydrogen) atoms. The second-order valence-corrected chi connectivity index (χ2v) is 2.35. The number of esters is 1. The third kappa shape index (κ3) is 7.56. The zero-order chi connectivity index (χ0) is 7.28. The number of thiol groups is 1. The quantitative estimate of drug-likeness (QED) is 0.470. The summed E-state index contributed by atoms with van der Waals surface area (Å²) < 4.78 is 4.59. The van der Waals surface area contributed by atoms with E-state index in [4.69, 9.17) is 0 Å². The number of allylic oxidation sites excluding steroid dienone is 1. The van der Waals surface area contributed by atoms with E-state index >= 15 is 0 Å². The Hall–Kier alpha value is -0.440. The van der Waals surface area contributed by atoms with Crippen molar-refractivity contribution in [1.82, 2.24) is 0 Å². The topological polar surface area (TPSA) is 26.3 Å². The molecule has 0 spiro atoms. The van der Waals surface area contributed by atoms with Gasteiger partial charge in [0.05, 0.1) is 0 Å². The number of rotatable bonds is 2. The average Bonchev–Trinajstić information content (AvgIpc) is 1.63. The first-order chi connectivity index (χ1) is 4.13. The van der Waals surface area contributed by atoms with Crippen LogP contribution in [0.2, 0.25) is 0 Å². The molecule has 0 rings (SSSR count). The fourth-order valence-electron chi connectivity index (χ4n) is 0.280. The van der Waals surface area contributed by atoms with E-state index in [1.807, 2.05) is 6.92 Å². The fourth-order valence-corrected chi connectivity index (χ4v) is 0.354. The molecule has 0 aliphatic rings. The molecule has 52 valence electrons. The first-order valence-electron chi connectivity index (χ1n) is 2.62. The highest BCUT2D eigenvalue weighted by Gasteiger charge is 1.86. The Morgan fingerprint density at radius 3 is 2.56 bits per heavy atom. The maximum atomic E-state index is 10.1. The minimum absolute atomic E-state index is 0.263. The monoisotopic (exact) mass is 146 g/mol. The third-order valence-electron chi connectivity index (χ3n) is 0.665. The zero-order valence-corrected chi connectivity index (χ0v) is 6.44. The Kier molecular flexibility index (Phi) is 4.22. The predicted molar refractivity (Wildman–Crippen MR) is 39.4 cm³/mol. The molecule has 0 bridgehead atoms. The van der Waals surface area contributed by atoms with Crippen LogP contribution in [0.3, 0.4) is 0 Å². The van der Waals surface area contributed by atoms with Crippen LogP contribution in [0.15, 0.2) is 11.0 Å². The van der Waals surface area contributed by atoms with Crippen LogP contribution in [-0.4, -0.2) is 12.6 Å². The number of carbonyl (C=O) groups is 1. The molecule has 0 aromatic rings. The largest absolute Gasteiger partial charge is 0.462 e. The minimum Gasteiger partial charge on any atom is -0.462 e. The highest BCUT2D eigenvalue weighted by atomic mass is 32.1. The van der Waals surface area contributed by atoms with E-state index in [1.165, 1.54) is 6.92 Å². The lowest BCUT2D eigenvalue weighted by atomic mass is 10.5. The van der Waals surface area contributed by atoms with Crippen molar-refractivity contribution in [1.29, 1.82) is 0 Å². The molecule has 3 heteroatoms. The molecule has 0 aromatic carbocycles. The molecule has 0 amide bonds. The van der Waals surface area contributed by atoms with Crippen LogP contribution in [0, 0.1) is 0 Å². The smallest absolute Gasteiger partial charge is 0.302 e. The first-order valence-corrected chi connectivity index (χ1v) is 3.06. The van der Waals surface area contributed by atoms with Crippen molar-refractivity contribution in [2.24, 2.45) is 0 Å². The summed E-state index contributed by atoms with van der Waals surface area (Å²) in [7, 11) is 0. The van der Waals surface area contributed by atoms with Crippen LogP contribution in [0.25, 0.3) is 0 Å². The van der Waals surface area contributed by atoms with Crippen LogP contribution in [0.5, 0.6) is 0 Å². The standard InChI is InChI=1S/C6H10O2S/c1-5(9)3-4-8-6(2)7/h3,9H,4H2,1-2H3. The van der Waals surface area contributed by atoms with Gasteiger partial charge in [0.1, 0.15) is 6.61 Å². The van der Waals surface area contributed by atoms with Crippen LogP contribution in [0.1, 0.15) is 13.8 Å². The summed E-state index contributed by atoms with van der Waals surface area (Å²) in [6.07, 6.45) is 1.73. The summed E-state index contributed by atoms with van der Waals surface area (Å²) in [5.74, 6) is -0.263. The lowest BCUT2D eigenvalue weighted by Gasteiger charge is -1.94. The molecule has 0 fully saturated rings. The van der Waals surface area contributed by atoms with Crippen molar-refractivity contribution in [3.63, 3.8) is 0 Å². The van der Waals surface area contributed by atoms with Gasteiger partial charge < -0.3 is 4.74 Å². The summed E-state index contributed by atoms with van der Waals surface area (Å²) in [6.45, 7) is 3.53. The summed E-state index contributed by atoms with van der Waals surface area (Å²) in [4.78, 5) is 11.0. The van der Waals surface area contributed by atoms with Crippen LogP contribution >= 0.6 is 12.6 Å². The molecular formula is C6H10O2S. The molecule has 0 aromatic heterocycles. The van der Waals surface area contributed by atoms with Crippen molar-refractivity contribution in [2.45, 2.75) is 13.8 Å². The van der Waals surface area contributed by atoms with Gasteiger partial charge in [-0.15, -0.1) is 12.6 Å². The fraction of sp³-hybridized carbons (Fsp3) is 0.500. The van der Waals surface area contributed by atoms with Gasteiger partial charge >= 0.3 is 5.97 Å². The SMILES string of the molecule is CC(=O)OCC=C(C)S. The predicted octanol–water partition coefficient (Wildman–Crippen LogP) is 1.38. The van der Waals surface area contributed by atoms with Gasteiger partial charge in [0.15, 0.2) is 0 Å². The summed E-state index contributed by atoms with van der Waals surface area (Å²) in [5.41, 5.74) is 0. The third-order valence-corrected chi connectivity index (χ3v) is 0.848. The van der Waals surface area contributed by atoms with Gasteiger partial charge in [-0.1, -0.05) is 0 Å². The van der Waals surface area contributed by atoms with Crippen molar-refractivity contribution < 1.29 is 9.53 Å². The highest BCUT2D eigenvalue weighted by Crippen LogP contribution is 1.95. The number of hydrogen-bond acceptors (Lipinski definition) is 3. The lowest BCUT2D eigenvalue weighted by molar-refractivity contribution is -0.139. The normalized spacial score (nSPS) is 11.2. The van der Waals surface area contributed by atoms with E-state index in [1.54, 1.807) is 6.08 Å². The maximum Gasteiger partial charge on any atom is 0.302 e. The Balaban J connectivity index is 3.31. The summed E-state index contributed by atoms with van der Waals surface area (Å²) in [5, 5.41) is 0. The average molecular weight is 146 g/mol. The molecule has 0 saturated heterocycles. The summed E-state index contributed by atoms with van der Waals surface area (Å²) in [6, 6.07) is 0. The molecule has 0 N–H and O–H groups in total. The number of carbonyl (C=O) groups excluding carboxylic acids is 1. The lowest BCUT2D eigenvalue weighted by Crippen LogP contribution is -1.97. The second kappa shape index (κ2) is 4.44. The Morgan fingerprint density at radius 1 is 1.67 bits per heavy atom.